The van der Waals surface area contributed by atoms with Gasteiger partial charge in [-0.2, -0.15) is 0 Å². The standard InChI is InChI=1S/C18H31N3/c1-15-16(14-19-18(2,3)4)10-11-17(20-15)21-12-8-6-5-7-9-13-21/h10-11,19H,5-9,12-14H2,1-4H3. The predicted octanol–water partition coefficient (Wildman–Crippen LogP) is 4.05. The molecular weight excluding hydrogens is 258 g/mol. The zero-order valence-corrected chi connectivity index (χ0v) is 14.2. The van der Waals surface area contributed by atoms with Gasteiger partial charge in [0.05, 0.1) is 0 Å². The van der Waals surface area contributed by atoms with Gasteiger partial charge in [0.25, 0.3) is 0 Å². The van der Waals surface area contributed by atoms with Crippen molar-refractivity contribution >= 4 is 5.82 Å². The first-order chi connectivity index (χ1) is 9.96. The van der Waals surface area contributed by atoms with Crippen LogP contribution in [0.5, 0.6) is 0 Å². The van der Waals surface area contributed by atoms with E-state index in [-0.39, 0.29) is 5.54 Å². The van der Waals surface area contributed by atoms with Crippen molar-refractivity contribution in [1.82, 2.24) is 10.3 Å². The first-order valence-corrected chi connectivity index (χ1v) is 8.42. The third-order valence-electron chi connectivity index (χ3n) is 4.17. The first kappa shape index (κ1) is 16.3. The highest BCUT2D eigenvalue weighted by Gasteiger charge is 2.13. The van der Waals surface area contributed by atoms with Crippen LogP contribution >= 0.6 is 0 Å². The minimum atomic E-state index is 0.147. The summed E-state index contributed by atoms with van der Waals surface area (Å²) in [5.74, 6) is 1.16. The first-order valence-electron chi connectivity index (χ1n) is 8.42. The van der Waals surface area contributed by atoms with Gasteiger partial charge in [0.1, 0.15) is 5.82 Å². The average Bonchev–Trinajstić information content (AvgIpc) is 2.36. The van der Waals surface area contributed by atoms with Gasteiger partial charge in [-0.05, 0) is 52.2 Å². The maximum absolute atomic E-state index is 4.86. The summed E-state index contributed by atoms with van der Waals surface area (Å²) in [5, 5.41) is 3.54. The second kappa shape index (κ2) is 7.26. The summed E-state index contributed by atoms with van der Waals surface area (Å²) in [5.41, 5.74) is 2.61. The van der Waals surface area contributed by atoms with Crippen LogP contribution in [0.15, 0.2) is 12.1 Å². The lowest BCUT2D eigenvalue weighted by molar-refractivity contribution is 0.423. The van der Waals surface area contributed by atoms with Crippen molar-refractivity contribution in [2.24, 2.45) is 0 Å². The molecule has 1 fully saturated rings. The van der Waals surface area contributed by atoms with E-state index in [9.17, 15) is 0 Å². The van der Waals surface area contributed by atoms with E-state index in [1.165, 1.54) is 37.7 Å². The van der Waals surface area contributed by atoms with Gasteiger partial charge in [-0.1, -0.05) is 25.3 Å². The summed E-state index contributed by atoms with van der Waals surface area (Å²) in [6, 6.07) is 4.45. The Kier molecular flexibility index (Phi) is 5.63. The Morgan fingerprint density at radius 2 is 1.67 bits per heavy atom. The van der Waals surface area contributed by atoms with Gasteiger partial charge >= 0.3 is 0 Å². The number of hydrogen-bond acceptors (Lipinski definition) is 3. The van der Waals surface area contributed by atoms with Gasteiger partial charge in [0.15, 0.2) is 0 Å². The Hall–Kier alpha value is -1.09. The third kappa shape index (κ3) is 5.31. The second-order valence-electron chi connectivity index (χ2n) is 7.27. The topological polar surface area (TPSA) is 28.2 Å². The molecule has 3 nitrogen and oxygen atoms in total. The minimum absolute atomic E-state index is 0.147. The highest BCUT2D eigenvalue weighted by atomic mass is 15.2. The molecule has 0 unspecified atom stereocenters. The number of aryl methyl sites for hydroxylation is 1. The Morgan fingerprint density at radius 3 is 2.24 bits per heavy atom. The molecule has 0 amide bonds. The molecule has 1 aliphatic rings. The van der Waals surface area contributed by atoms with Crippen molar-refractivity contribution in [3.8, 4) is 0 Å². The van der Waals surface area contributed by atoms with Crippen molar-refractivity contribution in [3.05, 3.63) is 23.4 Å². The van der Waals surface area contributed by atoms with E-state index in [0.29, 0.717) is 0 Å². The maximum atomic E-state index is 4.86. The molecule has 0 bridgehead atoms. The van der Waals surface area contributed by atoms with Crippen molar-refractivity contribution in [3.63, 3.8) is 0 Å². The molecule has 1 saturated heterocycles. The van der Waals surface area contributed by atoms with Gasteiger partial charge in [0, 0.05) is 30.9 Å². The van der Waals surface area contributed by atoms with Gasteiger partial charge in [-0.3, -0.25) is 0 Å². The molecule has 0 aromatic carbocycles. The molecule has 0 saturated carbocycles. The summed E-state index contributed by atoms with van der Waals surface area (Å²) in [6.45, 7) is 11.9. The molecule has 0 radical (unpaired) electrons. The van der Waals surface area contributed by atoms with Crippen molar-refractivity contribution in [2.45, 2.75) is 71.9 Å². The number of anilines is 1. The SMILES string of the molecule is Cc1nc(N2CCCCCCC2)ccc1CNC(C)(C)C. The van der Waals surface area contributed by atoms with Crippen LogP contribution in [0.4, 0.5) is 5.82 Å². The predicted molar refractivity (Wildman–Crippen MR) is 90.9 cm³/mol. The molecule has 0 spiro atoms. The summed E-state index contributed by atoms with van der Waals surface area (Å²) in [7, 11) is 0. The number of hydrogen-bond donors (Lipinski definition) is 1. The molecule has 1 aliphatic heterocycles. The van der Waals surface area contributed by atoms with Crippen LogP contribution in [-0.4, -0.2) is 23.6 Å². The lowest BCUT2D eigenvalue weighted by atomic mass is 10.1. The largest absolute Gasteiger partial charge is 0.357 e. The van der Waals surface area contributed by atoms with E-state index < -0.39 is 0 Å². The monoisotopic (exact) mass is 289 g/mol. The van der Waals surface area contributed by atoms with E-state index in [2.05, 4.69) is 50.0 Å². The fourth-order valence-electron chi connectivity index (χ4n) is 2.78. The van der Waals surface area contributed by atoms with Gasteiger partial charge < -0.3 is 10.2 Å². The van der Waals surface area contributed by atoms with E-state index in [4.69, 9.17) is 4.98 Å². The zero-order valence-electron chi connectivity index (χ0n) is 14.2. The number of pyridine rings is 1. The maximum Gasteiger partial charge on any atom is 0.128 e. The molecule has 2 rings (SSSR count). The molecular formula is C18H31N3. The van der Waals surface area contributed by atoms with Crippen LogP contribution in [0.1, 0.15) is 64.1 Å². The molecule has 21 heavy (non-hydrogen) atoms. The summed E-state index contributed by atoms with van der Waals surface area (Å²) in [6.07, 6.45) is 6.73. The number of aromatic nitrogens is 1. The number of nitrogens with one attached hydrogen (secondary N) is 1. The fraction of sp³-hybridized carbons (Fsp3) is 0.722. The lowest BCUT2D eigenvalue weighted by Gasteiger charge is -2.27. The van der Waals surface area contributed by atoms with Crippen LogP contribution in [0.3, 0.4) is 0 Å². The van der Waals surface area contributed by atoms with E-state index in [1.54, 1.807) is 0 Å². The summed E-state index contributed by atoms with van der Waals surface area (Å²) >= 11 is 0. The van der Waals surface area contributed by atoms with Gasteiger partial charge in [0.2, 0.25) is 0 Å². The second-order valence-corrected chi connectivity index (χ2v) is 7.27. The molecule has 1 aromatic rings. The van der Waals surface area contributed by atoms with Crippen LogP contribution < -0.4 is 10.2 Å². The number of nitrogens with zero attached hydrogens (tertiary/aromatic N) is 2. The Bertz CT molecular complexity index is 440. The van der Waals surface area contributed by atoms with Crippen molar-refractivity contribution in [2.75, 3.05) is 18.0 Å². The Labute approximate surface area is 130 Å². The van der Waals surface area contributed by atoms with E-state index in [1.807, 2.05) is 0 Å². The van der Waals surface area contributed by atoms with Crippen LogP contribution in [0.25, 0.3) is 0 Å². The van der Waals surface area contributed by atoms with Crippen LogP contribution in [0.2, 0.25) is 0 Å². The minimum Gasteiger partial charge on any atom is -0.357 e. The molecule has 118 valence electrons. The molecule has 1 aromatic heterocycles. The average molecular weight is 289 g/mol. The van der Waals surface area contributed by atoms with Crippen LogP contribution in [0, 0.1) is 6.92 Å². The van der Waals surface area contributed by atoms with E-state index in [0.717, 1.165) is 31.1 Å². The van der Waals surface area contributed by atoms with E-state index >= 15 is 0 Å². The van der Waals surface area contributed by atoms with Crippen molar-refractivity contribution < 1.29 is 0 Å². The smallest absolute Gasteiger partial charge is 0.128 e. The fourth-order valence-corrected chi connectivity index (χ4v) is 2.78. The van der Waals surface area contributed by atoms with Crippen LogP contribution in [-0.2, 0) is 6.54 Å². The summed E-state index contributed by atoms with van der Waals surface area (Å²) in [4.78, 5) is 7.32. The molecule has 1 N–H and O–H groups in total. The van der Waals surface area contributed by atoms with Gasteiger partial charge in [-0.15, -0.1) is 0 Å². The molecule has 0 aliphatic carbocycles. The molecule has 0 atom stereocenters. The van der Waals surface area contributed by atoms with Gasteiger partial charge in [-0.25, -0.2) is 4.98 Å². The molecule has 2 heterocycles. The lowest BCUT2D eigenvalue weighted by Crippen LogP contribution is -2.35. The normalized spacial score (nSPS) is 17.4. The highest BCUT2D eigenvalue weighted by Crippen LogP contribution is 2.19. The summed E-state index contributed by atoms with van der Waals surface area (Å²) < 4.78 is 0. The zero-order chi connectivity index (χ0) is 15.3. The number of rotatable bonds is 3. The Morgan fingerprint density at radius 1 is 1.05 bits per heavy atom. The third-order valence-corrected chi connectivity index (χ3v) is 4.17. The highest BCUT2D eigenvalue weighted by molar-refractivity contribution is 5.41. The van der Waals surface area contributed by atoms with Crippen molar-refractivity contribution in [1.29, 1.82) is 0 Å². The quantitative estimate of drug-likeness (QED) is 0.910. The molecule has 3 heteroatoms. The Balaban J connectivity index is 2.03.